The molecule has 3 aromatic rings. The van der Waals surface area contributed by atoms with Crippen LogP contribution in [-0.2, 0) is 5.54 Å². The van der Waals surface area contributed by atoms with E-state index in [1.165, 1.54) is 29.6 Å². The van der Waals surface area contributed by atoms with Crippen LogP contribution >= 0.6 is 11.6 Å². The molecule has 2 aromatic carbocycles. The number of halogens is 2. The molecule has 0 N–H and O–H groups in total. The molecule has 1 saturated carbocycles. The molecule has 4 rings (SSSR count). The SMILES string of the molecule is CC(F)c1ncnc(N(C)C2(c3ccc4ccccc4c3)CC2)c1Cl. The molecule has 1 aromatic heterocycles. The molecule has 0 bridgehead atoms. The number of nitrogens with zero attached hydrogens (tertiary/aromatic N) is 3. The quantitative estimate of drug-likeness (QED) is 0.624. The number of hydrogen-bond acceptors (Lipinski definition) is 3. The Bertz CT molecular complexity index is 937. The minimum absolute atomic E-state index is 0.140. The predicted molar refractivity (Wildman–Crippen MR) is 99.8 cm³/mol. The fraction of sp³-hybridized carbons (Fsp3) is 0.300. The zero-order chi connectivity index (χ0) is 17.6. The molecule has 0 radical (unpaired) electrons. The summed E-state index contributed by atoms with van der Waals surface area (Å²) in [5.74, 6) is 0.585. The summed E-state index contributed by atoms with van der Waals surface area (Å²) in [6.07, 6.45) is 2.20. The second-order valence-electron chi connectivity index (χ2n) is 6.67. The summed E-state index contributed by atoms with van der Waals surface area (Å²) in [5.41, 5.74) is 1.34. The van der Waals surface area contributed by atoms with E-state index in [-0.39, 0.29) is 11.2 Å². The minimum atomic E-state index is -1.22. The van der Waals surface area contributed by atoms with Crippen LogP contribution in [0, 0.1) is 0 Å². The first-order valence-electron chi connectivity index (χ1n) is 8.40. The maximum Gasteiger partial charge on any atom is 0.151 e. The van der Waals surface area contributed by atoms with Gasteiger partial charge < -0.3 is 4.90 Å². The van der Waals surface area contributed by atoms with Crippen LogP contribution < -0.4 is 4.90 Å². The van der Waals surface area contributed by atoms with Gasteiger partial charge in [0.05, 0.1) is 11.2 Å². The Morgan fingerprint density at radius 1 is 1.12 bits per heavy atom. The van der Waals surface area contributed by atoms with E-state index in [4.69, 9.17) is 11.6 Å². The number of alkyl halides is 1. The van der Waals surface area contributed by atoms with E-state index in [1.54, 1.807) is 0 Å². The Morgan fingerprint density at radius 2 is 1.84 bits per heavy atom. The van der Waals surface area contributed by atoms with Crippen LogP contribution in [0.2, 0.25) is 5.02 Å². The van der Waals surface area contributed by atoms with Crippen molar-refractivity contribution in [1.82, 2.24) is 9.97 Å². The van der Waals surface area contributed by atoms with Gasteiger partial charge in [0.1, 0.15) is 17.5 Å². The Morgan fingerprint density at radius 3 is 2.52 bits per heavy atom. The molecule has 5 heteroatoms. The van der Waals surface area contributed by atoms with Crippen LogP contribution in [0.25, 0.3) is 10.8 Å². The van der Waals surface area contributed by atoms with Crippen molar-refractivity contribution in [3.05, 3.63) is 65.1 Å². The fourth-order valence-corrected chi connectivity index (χ4v) is 3.88. The second-order valence-corrected chi connectivity index (χ2v) is 7.04. The predicted octanol–water partition coefficient (Wildman–Crippen LogP) is 5.44. The van der Waals surface area contributed by atoms with Gasteiger partial charge in [-0.1, -0.05) is 48.0 Å². The Kier molecular flexibility index (Phi) is 3.88. The van der Waals surface area contributed by atoms with Crippen molar-refractivity contribution < 1.29 is 4.39 Å². The molecule has 3 nitrogen and oxygen atoms in total. The highest BCUT2D eigenvalue weighted by molar-refractivity contribution is 6.33. The van der Waals surface area contributed by atoms with E-state index in [9.17, 15) is 4.39 Å². The van der Waals surface area contributed by atoms with Gasteiger partial charge in [0.25, 0.3) is 0 Å². The first-order valence-corrected chi connectivity index (χ1v) is 8.78. The average molecular weight is 356 g/mol. The van der Waals surface area contributed by atoms with Crippen molar-refractivity contribution in [3.8, 4) is 0 Å². The number of fused-ring (bicyclic) bond motifs is 1. The minimum Gasteiger partial charge on any atom is -0.349 e. The highest BCUT2D eigenvalue weighted by Crippen LogP contribution is 2.53. The van der Waals surface area contributed by atoms with E-state index >= 15 is 0 Å². The van der Waals surface area contributed by atoms with Crippen molar-refractivity contribution >= 4 is 28.2 Å². The van der Waals surface area contributed by atoms with Gasteiger partial charge in [0.15, 0.2) is 5.82 Å². The van der Waals surface area contributed by atoms with Gasteiger partial charge in [-0.3, -0.25) is 0 Å². The molecule has 1 unspecified atom stereocenters. The van der Waals surface area contributed by atoms with Crippen LogP contribution in [0.4, 0.5) is 10.2 Å². The zero-order valence-electron chi connectivity index (χ0n) is 14.2. The Labute approximate surface area is 151 Å². The van der Waals surface area contributed by atoms with E-state index < -0.39 is 6.17 Å². The molecule has 1 aliphatic rings. The summed E-state index contributed by atoms with van der Waals surface area (Å²) in [4.78, 5) is 10.4. The summed E-state index contributed by atoms with van der Waals surface area (Å²) in [6, 6.07) is 14.9. The lowest BCUT2D eigenvalue weighted by Gasteiger charge is -2.31. The smallest absolute Gasteiger partial charge is 0.151 e. The lowest BCUT2D eigenvalue weighted by Crippen LogP contribution is -2.32. The van der Waals surface area contributed by atoms with E-state index in [1.807, 2.05) is 19.2 Å². The summed E-state index contributed by atoms with van der Waals surface area (Å²) in [5, 5.41) is 2.73. The molecular formula is C20H19ClFN3. The summed E-state index contributed by atoms with van der Waals surface area (Å²) in [7, 11) is 1.98. The van der Waals surface area contributed by atoms with Crippen molar-refractivity contribution in [2.45, 2.75) is 31.5 Å². The Hall–Kier alpha value is -2.20. The van der Waals surface area contributed by atoms with Crippen LogP contribution in [0.15, 0.2) is 48.8 Å². The van der Waals surface area contributed by atoms with E-state index in [0.717, 1.165) is 12.8 Å². The number of aromatic nitrogens is 2. The molecule has 0 spiro atoms. The topological polar surface area (TPSA) is 29.0 Å². The maximum absolute atomic E-state index is 13.8. The third kappa shape index (κ3) is 2.65. The average Bonchev–Trinajstić information content (AvgIpc) is 3.42. The lowest BCUT2D eigenvalue weighted by atomic mass is 9.99. The summed E-state index contributed by atoms with van der Waals surface area (Å²) < 4.78 is 13.8. The van der Waals surface area contributed by atoms with Crippen molar-refractivity contribution in [2.24, 2.45) is 0 Å². The molecule has 0 aliphatic heterocycles. The molecule has 1 aliphatic carbocycles. The van der Waals surface area contributed by atoms with Gasteiger partial charge in [-0.15, -0.1) is 0 Å². The van der Waals surface area contributed by atoms with Crippen LogP contribution in [0.1, 0.15) is 37.2 Å². The van der Waals surface area contributed by atoms with Crippen LogP contribution in [0.3, 0.4) is 0 Å². The van der Waals surface area contributed by atoms with E-state index in [2.05, 4.69) is 45.2 Å². The first-order chi connectivity index (χ1) is 12.0. The molecule has 1 fully saturated rings. The monoisotopic (exact) mass is 355 g/mol. The standard InChI is InChI=1S/C20H19ClFN3/c1-13(22)18-17(21)19(24-12-23-18)25(2)20(9-10-20)16-8-7-14-5-3-4-6-15(14)11-16/h3-8,11-13H,9-10H2,1-2H3. The van der Waals surface area contributed by atoms with Crippen LogP contribution in [-0.4, -0.2) is 17.0 Å². The largest absolute Gasteiger partial charge is 0.349 e. The first kappa shape index (κ1) is 16.3. The van der Waals surface area contributed by atoms with Crippen molar-refractivity contribution in [3.63, 3.8) is 0 Å². The summed E-state index contributed by atoms with van der Waals surface area (Å²) in [6.45, 7) is 1.44. The molecule has 1 heterocycles. The molecule has 25 heavy (non-hydrogen) atoms. The van der Waals surface area contributed by atoms with Crippen molar-refractivity contribution in [1.29, 1.82) is 0 Å². The number of benzene rings is 2. The van der Waals surface area contributed by atoms with Crippen LogP contribution in [0.5, 0.6) is 0 Å². The van der Waals surface area contributed by atoms with Gasteiger partial charge in [-0.2, -0.15) is 0 Å². The molecule has 0 saturated heterocycles. The van der Waals surface area contributed by atoms with Gasteiger partial charge in [0.2, 0.25) is 0 Å². The summed E-state index contributed by atoms with van der Waals surface area (Å²) >= 11 is 6.41. The highest BCUT2D eigenvalue weighted by atomic mass is 35.5. The van der Waals surface area contributed by atoms with Gasteiger partial charge >= 0.3 is 0 Å². The zero-order valence-corrected chi connectivity index (χ0v) is 15.0. The number of rotatable bonds is 4. The van der Waals surface area contributed by atoms with Gasteiger partial charge in [-0.25, -0.2) is 14.4 Å². The van der Waals surface area contributed by atoms with Gasteiger partial charge in [0, 0.05) is 7.05 Å². The highest BCUT2D eigenvalue weighted by Gasteiger charge is 2.49. The molecule has 128 valence electrons. The fourth-order valence-electron chi connectivity index (χ4n) is 3.50. The van der Waals surface area contributed by atoms with Crippen molar-refractivity contribution in [2.75, 3.05) is 11.9 Å². The third-order valence-corrected chi connectivity index (χ3v) is 5.51. The Balaban J connectivity index is 1.76. The van der Waals surface area contributed by atoms with E-state index in [0.29, 0.717) is 10.8 Å². The lowest BCUT2D eigenvalue weighted by molar-refractivity contribution is 0.365. The normalized spacial score (nSPS) is 16.6. The maximum atomic E-state index is 13.8. The number of anilines is 1. The molecular weight excluding hydrogens is 337 g/mol. The van der Waals surface area contributed by atoms with Gasteiger partial charge in [-0.05, 0) is 42.2 Å². The second kappa shape index (κ2) is 5.95. The number of hydrogen-bond donors (Lipinski definition) is 0. The molecule has 1 atom stereocenters. The third-order valence-electron chi connectivity index (χ3n) is 5.15. The molecule has 0 amide bonds.